The first-order valence-electron chi connectivity index (χ1n) is 8.26. The molecule has 2 fully saturated rings. The van der Waals surface area contributed by atoms with Crippen LogP contribution in [-0.4, -0.2) is 27.1 Å². The normalized spacial score (nSPS) is 29.5. The SMILES string of the molecule is CC(C)=C[C@@H]1[C@H](C(=O)N2CCC[C@H]2c2cnn(C)c2)C1(C)C. The summed E-state index contributed by atoms with van der Waals surface area (Å²) in [6.45, 7) is 9.55. The highest BCUT2D eigenvalue weighted by Crippen LogP contribution is 2.60. The van der Waals surface area contributed by atoms with Crippen molar-refractivity contribution in [2.75, 3.05) is 6.54 Å². The summed E-state index contributed by atoms with van der Waals surface area (Å²) < 4.78 is 1.82. The van der Waals surface area contributed by atoms with Gasteiger partial charge in [-0.05, 0) is 38.0 Å². The van der Waals surface area contributed by atoms with Gasteiger partial charge in [0.15, 0.2) is 0 Å². The topological polar surface area (TPSA) is 38.1 Å². The van der Waals surface area contributed by atoms with Crippen molar-refractivity contribution < 1.29 is 4.79 Å². The molecule has 120 valence electrons. The summed E-state index contributed by atoms with van der Waals surface area (Å²) in [4.78, 5) is 15.2. The van der Waals surface area contributed by atoms with Crippen LogP contribution in [0.5, 0.6) is 0 Å². The molecule has 4 heteroatoms. The maximum Gasteiger partial charge on any atom is 0.227 e. The Balaban J connectivity index is 1.79. The molecule has 1 aliphatic carbocycles. The molecule has 1 saturated carbocycles. The number of rotatable bonds is 3. The molecule has 1 aliphatic heterocycles. The predicted molar refractivity (Wildman–Crippen MR) is 87.1 cm³/mol. The zero-order chi connectivity index (χ0) is 16.1. The number of amides is 1. The van der Waals surface area contributed by atoms with Crippen molar-refractivity contribution in [2.45, 2.75) is 46.6 Å². The number of nitrogens with zero attached hydrogens (tertiary/aromatic N) is 3. The molecule has 0 spiro atoms. The van der Waals surface area contributed by atoms with Crippen LogP contribution < -0.4 is 0 Å². The van der Waals surface area contributed by atoms with Gasteiger partial charge >= 0.3 is 0 Å². The van der Waals surface area contributed by atoms with Crippen molar-refractivity contribution >= 4 is 5.91 Å². The molecular formula is C18H27N3O. The Morgan fingerprint density at radius 2 is 2.14 bits per heavy atom. The van der Waals surface area contributed by atoms with Gasteiger partial charge in [0.2, 0.25) is 5.91 Å². The Morgan fingerprint density at radius 3 is 2.73 bits per heavy atom. The number of hydrogen-bond acceptors (Lipinski definition) is 2. The van der Waals surface area contributed by atoms with Gasteiger partial charge in [0.25, 0.3) is 0 Å². The summed E-state index contributed by atoms with van der Waals surface area (Å²) in [6.07, 6.45) is 8.37. The third-order valence-electron chi connectivity index (χ3n) is 5.34. The molecule has 1 amide bonds. The molecule has 3 atom stereocenters. The molecule has 1 aromatic rings. The Kier molecular flexibility index (Phi) is 3.66. The highest BCUT2D eigenvalue weighted by molar-refractivity contribution is 5.84. The molecule has 1 saturated heterocycles. The molecule has 2 aliphatic rings. The summed E-state index contributed by atoms with van der Waals surface area (Å²) in [5.74, 6) is 0.860. The fraction of sp³-hybridized carbons (Fsp3) is 0.667. The van der Waals surface area contributed by atoms with Crippen molar-refractivity contribution in [1.82, 2.24) is 14.7 Å². The maximum absolute atomic E-state index is 13.1. The lowest BCUT2D eigenvalue weighted by molar-refractivity contribution is -0.134. The standard InChI is InChI=1S/C18H27N3O/c1-12(2)9-14-16(18(14,3)4)17(22)21-8-6-7-15(21)13-10-19-20(5)11-13/h9-11,14-16H,6-8H2,1-5H3/t14-,15+,16-/m1/s1. The Hall–Kier alpha value is -1.58. The summed E-state index contributed by atoms with van der Waals surface area (Å²) in [7, 11) is 1.93. The van der Waals surface area contributed by atoms with E-state index < -0.39 is 0 Å². The second-order valence-corrected chi connectivity index (χ2v) is 7.71. The lowest BCUT2D eigenvalue weighted by Gasteiger charge is -2.24. The predicted octanol–water partition coefficient (Wildman–Crippen LogP) is 3.32. The molecule has 3 rings (SSSR count). The first kappa shape index (κ1) is 15.3. The van der Waals surface area contributed by atoms with E-state index in [2.05, 4.69) is 43.8 Å². The van der Waals surface area contributed by atoms with Gasteiger partial charge in [-0.15, -0.1) is 0 Å². The molecule has 4 nitrogen and oxygen atoms in total. The summed E-state index contributed by atoms with van der Waals surface area (Å²) in [5, 5.41) is 4.27. The van der Waals surface area contributed by atoms with Crippen molar-refractivity contribution in [3.63, 3.8) is 0 Å². The average Bonchev–Trinajstić information content (AvgIpc) is 2.85. The third-order valence-corrected chi connectivity index (χ3v) is 5.34. The van der Waals surface area contributed by atoms with Crippen molar-refractivity contribution in [1.29, 1.82) is 0 Å². The van der Waals surface area contributed by atoms with Crippen LogP contribution in [0, 0.1) is 17.3 Å². The van der Waals surface area contributed by atoms with Crippen LogP contribution in [-0.2, 0) is 11.8 Å². The quantitative estimate of drug-likeness (QED) is 0.803. The Morgan fingerprint density at radius 1 is 1.41 bits per heavy atom. The highest BCUT2D eigenvalue weighted by atomic mass is 16.2. The molecular weight excluding hydrogens is 274 g/mol. The van der Waals surface area contributed by atoms with E-state index in [0.717, 1.165) is 19.4 Å². The largest absolute Gasteiger partial charge is 0.335 e. The van der Waals surface area contributed by atoms with E-state index in [0.29, 0.717) is 11.8 Å². The second-order valence-electron chi connectivity index (χ2n) is 7.71. The van der Waals surface area contributed by atoms with E-state index in [1.807, 2.05) is 24.1 Å². The number of likely N-dealkylation sites (tertiary alicyclic amines) is 1. The van der Waals surface area contributed by atoms with E-state index in [1.165, 1.54) is 11.1 Å². The van der Waals surface area contributed by atoms with Crippen LogP contribution in [0.25, 0.3) is 0 Å². The summed E-state index contributed by atoms with van der Waals surface area (Å²) >= 11 is 0. The zero-order valence-electron chi connectivity index (χ0n) is 14.3. The number of hydrogen-bond donors (Lipinski definition) is 0. The van der Waals surface area contributed by atoms with Crippen LogP contribution in [0.15, 0.2) is 24.0 Å². The highest BCUT2D eigenvalue weighted by Gasteiger charge is 2.61. The molecule has 0 bridgehead atoms. The number of allylic oxidation sites excluding steroid dienone is 2. The van der Waals surface area contributed by atoms with Gasteiger partial charge in [-0.3, -0.25) is 9.48 Å². The Bertz CT molecular complexity index is 610. The van der Waals surface area contributed by atoms with E-state index >= 15 is 0 Å². The smallest absolute Gasteiger partial charge is 0.227 e. The third kappa shape index (κ3) is 2.49. The van der Waals surface area contributed by atoms with Crippen molar-refractivity contribution in [2.24, 2.45) is 24.3 Å². The van der Waals surface area contributed by atoms with Crippen LogP contribution in [0.4, 0.5) is 0 Å². The van der Waals surface area contributed by atoms with Gasteiger partial charge < -0.3 is 4.90 Å². The first-order valence-corrected chi connectivity index (χ1v) is 8.26. The van der Waals surface area contributed by atoms with Crippen molar-refractivity contribution in [3.8, 4) is 0 Å². The summed E-state index contributed by atoms with van der Waals surface area (Å²) in [5.41, 5.74) is 2.57. The maximum atomic E-state index is 13.1. The van der Waals surface area contributed by atoms with Crippen LogP contribution in [0.3, 0.4) is 0 Å². The van der Waals surface area contributed by atoms with E-state index in [-0.39, 0.29) is 17.4 Å². The number of carbonyl (C=O) groups is 1. The van der Waals surface area contributed by atoms with Crippen LogP contribution in [0.2, 0.25) is 0 Å². The minimum Gasteiger partial charge on any atom is -0.335 e. The van der Waals surface area contributed by atoms with E-state index in [1.54, 1.807) is 0 Å². The molecule has 22 heavy (non-hydrogen) atoms. The van der Waals surface area contributed by atoms with Gasteiger partial charge in [-0.2, -0.15) is 5.10 Å². The lowest BCUT2D eigenvalue weighted by Crippen LogP contribution is -2.33. The second kappa shape index (κ2) is 5.25. The number of carbonyl (C=O) groups excluding carboxylic acids is 1. The minimum absolute atomic E-state index is 0.0937. The lowest BCUT2D eigenvalue weighted by atomic mass is 10.1. The number of aromatic nitrogens is 2. The van der Waals surface area contributed by atoms with Gasteiger partial charge in [-0.1, -0.05) is 25.5 Å². The molecule has 0 radical (unpaired) electrons. The molecule has 1 aromatic heterocycles. The fourth-order valence-corrected chi connectivity index (χ4v) is 3.99. The zero-order valence-corrected chi connectivity index (χ0v) is 14.3. The first-order chi connectivity index (χ1) is 10.3. The van der Waals surface area contributed by atoms with Crippen molar-refractivity contribution in [3.05, 3.63) is 29.6 Å². The Labute approximate surface area is 133 Å². The van der Waals surface area contributed by atoms with Crippen LogP contribution in [0.1, 0.15) is 52.1 Å². The molecule has 0 N–H and O–H groups in total. The average molecular weight is 301 g/mol. The van der Waals surface area contributed by atoms with E-state index in [4.69, 9.17) is 0 Å². The monoisotopic (exact) mass is 301 g/mol. The number of aryl methyl sites for hydroxylation is 1. The molecule has 0 unspecified atom stereocenters. The fourth-order valence-electron chi connectivity index (χ4n) is 3.99. The minimum atomic E-state index is 0.0937. The van der Waals surface area contributed by atoms with Gasteiger partial charge in [-0.25, -0.2) is 0 Å². The van der Waals surface area contributed by atoms with Gasteiger partial charge in [0.1, 0.15) is 0 Å². The van der Waals surface area contributed by atoms with Gasteiger partial charge in [0, 0.05) is 25.4 Å². The van der Waals surface area contributed by atoms with Gasteiger partial charge in [0.05, 0.1) is 18.2 Å². The molecule has 0 aromatic carbocycles. The molecule has 2 heterocycles. The van der Waals surface area contributed by atoms with E-state index in [9.17, 15) is 4.79 Å². The van der Waals surface area contributed by atoms with Crippen LogP contribution >= 0.6 is 0 Å². The summed E-state index contributed by atoms with van der Waals surface area (Å²) in [6, 6.07) is 0.213.